The Bertz CT molecular complexity index is 615. The molecule has 1 aromatic rings. The first-order chi connectivity index (χ1) is 9.78. The molecule has 0 saturated carbocycles. The van der Waals surface area contributed by atoms with E-state index < -0.39 is 10.0 Å². The third kappa shape index (κ3) is 2.93. The summed E-state index contributed by atoms with van der Waals surface area (Å²) in [5, 5.41) is 0. The summed E-state index contributed by atoms with van der Waals surface area (Å²) in [6, 6.07) is 1.83. The first kappa shape index (κ1) is 16.3. The van der Waals surface area contributed by atoms with Crippen LogP contribution in [0.1, 0.15) is 30.0 Å². The lowest BCUT2D eigenvalue weighted by molar-refractivity contribution is -0.00279. The van der Waals surface area contributed by atoms with Crippen LogP contribution < -0.4 is 5.73 Å². The molecule has 1 atom stereocenters. The summed E-state index contributed by atoms with van der Waals surface area (Å²) in [6.07, 6.45) is 0.774. The minimum absolute atomic E-state index is 0.0312. The maximum Gasteiger partial charge on any atom is 0.243 e. The van der Waals surface area contributed by atoms with Gasteiger partial charge >= 0.3 is 0 Å². The standard InChI is InChI=1S/C15H24N2O3S/c1-5-13-9-17(6-7-20-13)21(18,19)15-11(3)10(2)8-14(16)12(15)4/h8,13H,5-7,9,16H2,1-4H3. The summed E-state index contributed by atoms with van der Waals surface area (Å²) in [4.78, 5) is 0.358. The van der Waals surface area contributed by atoms with Gasteiger partial charge in [0.2, 0.25) is 10.0 Å². The van der Waals surface area contributed by atoms with E-state index in [1.165, 1.54) is 4.31 Å². The highest BCUT2D eigenvalue weighted by molar-refractivity contribution is 7.89. The molecular weight excluding hydrogens is 288 g/mol. The molecule has 118 valence electrons. The third-order valence-corrected chi connectivity index (χ3v) is 6.37. The van der Waals surface area contributed by atoms with Crippen molar-refractivity contribution in [3.05, 3.63) is 22.8 Å². The van der Waals surface area contributed by atoms with Gasteiger partial charge in [-0.2, -0.15) is 4.31 Å². The van der Waals surface area contributed by atoms with Gasteiger partial charge in [0.15, 0.2) is 0 Å². The van der Waals surface area contributed by atoms with Crippen molar-refractivity contribution in [3.63, 3.8) is 0 Å². The molecule has 1 aromatic carbocycles. The number of benzene rings is 1. The van der Waals surface area contributed by atoms with E-state index in [0.29, 0.717) is 35.8 Å². The fourth-order valence-corrected chi connectivity index (χ4v) is 4.70. The number of nitrogens with zero attached hydrogens (tertiary/aromatic N) is 1. The maximum atomic E-state index is 13.0. The molecule has 1 aliphatic heterocycles. The van der Waals surface area contributed by atoms with Gasteiger partial charge in [0, 0.05) is 18.8 Å². The van der Waals surface area contributed by atoms with Crippen molar-refractivity contribution in [2.45, 2.75) is 45.1 Å². The summed E-state index contributed by atoms with van der Waals surface area (Å²) >= 11 is 0. The number of rotatable bonds is 3. The molecule has 0 bridgehead atoms. The lowest BCUT2D eigenvalue weighted by atomic mass is 10.1. The van der Waals surface area contributed by atoms with Crippen LogP contribution in [-0.2, 0) is 14.8 Å². The number of sulfonamides is 1. The molecule has 1 fully saturated rings. The van der Waals surface area contributed by atoms with Crippen LogP contribution in [-0.4, -0.2) is 38.5 Å². The van der Waals surface area contributed by atoms with Crippen LogP contribution >= 0.6 is 0 Å². The number of nitrogen functional groups attached to an aromatic ring is 1. The second kappa shape index (κ2) is 5.94. The topological polar surface area (TPSA) is 72.6 Å². The van der Waals surface area contributed by atoms with Gasteiger partial charge in [-0.05, 0) is 49.9 Å². The Morgan fingerprint density at radius 1 is 1.33 bits per heavy atom. The second-order valence-electron chi connectivity index (χ2n) is 5.63. The van der Waals surface area contributed by atoms with Crippen molar-refractivity contribution in [1.29, 1.82) is 0 Å². The number of nitrogens with two attached hydrogens (primary N) is 1. The Balaban J connectivity index is 2.50. The summed E-state index contributed by atoms with van der Waals surface area (Å²) in [5.41, 5.74) is 8.80. The quantitative estimate of drug-likeness (QED) is 0.866. The summed E-state index contributed by atoms with van der Waals surface area (Å²) in [7, 11) is -3.54. The average Bonchev–Trinajstić information content (AvgIpc) is 2.45. The first-order valence-electron chi connectivity index (χ1n) is 7.27. The number of aryl methyl sites for hydroxylation is 1. The highest BCUT2D eigenvalue weighted by Crippen LogP contribution is 2.31. The molecule has 2 rings (SSSR count). The molecule has 6 heteroatoms. The van der Waals surface area contributed by atoms with Crippen LogP contribution in [0.2, 0.25) is 0 Å². The van der Waals surface area contributed by atoms with E-state index in [2.05, 4.69) is 0 Å². The molecule has 5 nitrogen and oxygen atoms in total. The molecule has 1 saturated heterocycles. The Labute approximate surface area is 127 Å². The maximum absolute atomic E-state index is 13.0. The van der Waals surface area contributed by atoms with Crippen molar-refractivity contribution in [2.75, 3.05) is 25.4 Å². The third-order valence-electron chi connectivity index (χ3n) is 4.23. The van der Waals surface area contributed by atoms with Crippen LogP contribution in [0.15, 0.2) is 11.0 Å². The average molecular weight is 312 g/mol. The molecule has 1 heterocycles. The predicted octanol–water partition coefficient (Wildman–Crippen LogP) is 1.99. The Morgan fingerprint density at radius 2 is 2.00 bits per heavy atom. The molecular formula is C15H24N2O3S. The van der Waals surface area contributed by atoms with Crippen molar-refractivity contribution in [1.82, 2.24) is 4.31 Å². The fourth-order valence-electron chi connectivity index (χ4n) is 2.71. The zero-order chi connectivity index (χ0) is 15.8. The SMILES string of the molecule is CCC1CN(S(=O)(=O)c2c(C)c(C)cc(N)c2C)CCO1. The van der Waals surface area contributed by atoms with E-state index in [1.807, 2.05) is 26.8 Å². The highest BCUT2D eigenvalue weighted by atomic mass is 32.2. The summed E-state index contributed by atoms with van der Waals surface area (Å²) in [6.45, 7) is 8.74. The number of hydrogen-bond acceptors (Lipinski definition) is 4. The van der Waals surface area contributed by atoms with Gasteiger partial charge in [-0.25, -0.2) is 8.42 Å². The predicted molar refractivity (Wildman–Crippen MR) is 83.9 cm³/mol. The van der Waals surface area contributed by atoms with Crippen LogP contribution in [0.5, 0.6) is 0 Å². The number of morpholine rings is 1. The Hall–Kier alpha value is -1.11. The summed E-state index contributed by atoms with van der Waals surface area (Å²) < 4.78 is 33.1. The molecule has 21 heavy (non-hydrogen) atoms. The van der Waals surface area contributed by atoms with Gasteiger partial charge in [-0.15, -0.1) is 0 Å². The van der Waals surface area contributed by atoms with Crippen molar-refractivity contribution >= 4 is 15.7 Å². The minimum atomic E-state index is -3.54. The molecule has 1 unspecified atom stereocenters. The van der Waals surface area contributed by atoms with E-state index in [0.717, 1.165) is 17.5 Å². The lowest BCUT2D eigenvalue weighted by Crippen LogP contribution is -2.45. The molecule has 1 aliphatic rings. The Kier molecular flexibility index (Phi) is 4.60. The van der Waals surface area contributed by atoms with E-state index >= 15 is 0 Å². The van der Waals surface area contributed by atoms with Crippen LogP contribution in [0.3, 0.4) is 0 Å². The van der Waals surface area contributed by atoms with Crippen LogP contribution in [0, 0.1) is 20.8 Å². The molecule has 0 radical (unpaired) electrons. The highest BCUT2D eigenvalue weighted by Gasteiger charge is 2.33. The lowest BCUT2D eigenvalue weighted by Gasteiger charge is -2.32. The largest absolute Gasteiger partial charge is 0.398 e. The van der Waals surface area contributed by atoms with Crippen LogP contribution in [0.25, 0.3) is 0 Å². The van der Waals surface area contributed by atoms with Gasteiger partial charge in [0.05, 0.1) is 17.6 Å². The van der Waals surface area contributed by atoms with Crippen molar-refractivity contribution in [3.8, 4) is 0 Å². The number of ether oxygens (including phenoxy) is 1. The van der Waals surface area contributed by atoms with E-state index in [4.69, 9.17) is 10.5 Å². The molecule has 0 aromatic heterocycles. The van der Waals surface area contributed by atoms with Crippen LogP contribution in [0.4, 0.5) is 5.69 Å². The first-order valence-corrected chi connectivity index (χ1v) is 8.71. The molecule has 0 aliphatic carbocycles. The van der Waals surface area contributed by atoms with E-state index in [1.54, 1.807) is 6.92 Å². The van der Waals surface area contributed by atoms with E-state index in [9.17, 15) is 8.42 Å². The second-order valence-corrected chi connectivity index (χ2v) is 7.50. The molecule has 0 amide bonds. The smallest absolute Gasteiger partial charge is 0.243 e. The zero-order valence-electron chi connectivity index (χ0n) is 13.1. The number of anilines is 1. The minimum Gasteiger partial charge on any atom is -0.398 e. The van der Waals surface area contributed by atoms with E-state index in [-0.39, 0.29) is 6.10 Å². The number of hydrogen-bond donors (Lipinski definition) is 1. The van der Waals surface area contributed by atoms with Gasteiger partial charge in [0.1, 0.15) is 0 Å². The van der Waals surface area contributed by atoms with Gasteiger partial charge in [-0.3, -0.25) is 0 Å². The van der Waals surface area contributed by atoms with Crippen molar-refractivity contribution < 1.29 is 13.2 Å². The zero-order valence-corrected chi connectivity index (χ0v) is 14.0. The molecule has 2 N–H and O–H groups in total. The summed E-state index contributed by atoms with van der Waals surface area (Å²) in [5.74, 6) is 0. The Morgan fingerprint density at radius 3 is 2.62 bits per heavy atom. The normalized spacial score (nSPS) is 20.7. The van der Waals surface area contributed by atoms with Crippen molar-refractivity contribution in [2.24, 2.45) is 0 Å². The monoisotopic (exact) mass is 312 g/mol. The molecule has 0 spiro atoms. The van der Waals surface area contributed by atoms with Gasteiger partial charge in [-0.1, -0.05) is 6.92 Å². The fraction of sp³-hybridized carbons (Fsp3) is 0.600. The van der Waals surface area contributed by atoms with Gasteiger partial charge < -0.3 is 10.5 Å². The van der Waals surface area contributed by atoms with Gasteiger partial charge in [0.25, 0.3) is 0 Å².